The monoisotopic (exact) mass is 363 g/mol. The van der Waals surface area contributed by atoms with Crippen molar-refractivity contribution in [2.45, 2.75) is 25.7 Å². The molecule has 0 radical (unpaired) electrons. The van der Waals surface area contributed by atoms with Crippen molar-refractivity contribution >= 4 is 27.5 Å². The topological polar surface area (TPSA) is 78.4 Å². The molecule has 0 atom stereocenters. The van der Waals surface area contributed by atoms with Crippen LogP contribution in [0.4, 0.5) is 17.5 Å². The molecule has 0 amide bonds. The SMILES string of the molecule is Cc1cc(C)c(S(=O)(=O)Nc2cnc(N(C)C)nc2N(C)C)c(C)c1. The van der Waals surface area contributed by atoms with E-state index in [1.54, 1.807) is 23.6 Å². The van der Waals surface area contributed by atoms with Gasteiger partial charge < -0.3 is 9.80 Å². The van der Waals surface area contributed by atoms with Crippen molar-refractivity contribution in [3.05, 3.63) is 35.0 Å². The third-order valence-electron chi connectivity index (χ3n) is 3.70. The Morgan fingerprint density at radius 3 is 2.00 bits per heavy atom. The van der Waals surface area contributed by atoms with E-state index >= 15 is 0 Å². The molecule has 1 N–H and O–H groups in total. The van der Waals surface area contributed by atoms with E-state index in [4.69, 9.17) is 0 Å². The summed E-state index contributed by atoms with van der Waals surface area (Å²) in [6, 6.07) is 3.72. The van der Waals surface area contributed by atoms with Crippen LogP contribution in [0.5, 0.6) is 0 Å². The smallest absolute Gasteiger partial charge is 0.262 e. The van der Waals surface area contributed by atoms with Gasteiger partial charge in [0.1, 0.15) is 5.69 Å². The normalized spacial score (nSPS) is 11.3. The van der Waals surface area contributed by atoms with Gasteiger partial charge in [-0.3, -0.25) is 4.72 Å². The third-order valence-corrected chi connectivity index (χ3v) is 5.37. The summed E-state index contributed by atoms with van der Waals surface area (Å²) in [4.78, 5) is 12.4. The molecular weight excluding hydrogens is 338 g/mol. The Labute approximate surface area is 149 Å². The summed E-state index contributed by atoms with van der Waals surface area (Å²) in [5, 5.41) is 0. The van der Waals surface area contributed by atoms with Crippen LogP contribution in [0.25, 0.3) is 0 Å². The van der Waals surface area contributed by atoms with Crippen molar-refractivity contribution in [3.8, 4) is 0 Å². The second-order valence-corrected chi connectivity index (χ2v) is 8.15. The van der Waals surface area contributed by atoms with Crippen LogP contribution in [0.2, 0.25) is 0 Å². The number of hydrogen-bond acceptors (Lipinski definition) is 6. The molecule has 8 heteroatoms. The summed E-state index contributed by atoms with van der Waals surface area (Å²) >= 11 is 0. The lowest BCUT2D eigenvalue weighted by molar-refractivity contribution is 0.600. The van der Waals surface area contributed by atoms with Gasteiger partial charge in [0.15, 0.2) is 5.82 Å². The predicted octanol–water partition coefficient (Wildman–Crippen LogP) is 2.33. The van der Waals surface area contributed by atoms with Gasteiger partial charge in [-0.2, -0.15) is 4.98 Å². The Bertz CT molecular complexity index is 869. The van der Waals surface area contributed by atoms with Crippen LogP contribution in [0, 0.1) is 20.8 Å². The van der Waals surface area contributed by atoms with Crippen LogP contribution in [-0.4, -0.2) is 46.6 Å². The van der Waals surface area contributed by atoms with E-state index < -0.39 is 10.0 Å². The van der Waals surface area contributed by atoms with Crippen molar-refractivity contribution in [3.63, 3.8) is 0 Å². The first-order valence-corrected chi connectivity index (χ1v) is 9.33. The fourth-order valence-corrected chi connectivity index (χ4v) is 4.28. The molecule has 1 aromatic heterocycles. The van der Waals surface area contributed by atoms with Crippen LogP contribution in [0.3, 0.4) is 0 Å². The van der Waals surface area contributed by atoms with Gasteiger partial charge in [-0.05, 0) is 31.9 Å². The highest BCUT2D eigenvalue weighted by Gasteiger charge is 2.22. The highest BCUT2D eigenvalue weighted by molar-refractivity contribution is 7.92. The van der Waals surface area contributed by atoms with Crippen molar-refractivity contribution in [1.29, 1.82) is 0 Å². The Kier molecular flexibility index (Phi) is 5.22. The van der Waals surface area contributed by atoms with Crippen LogP contribution in [0.1, 0.15) is 16.7 Å². The van der Waals surface area contributed by atoms with Gasteiger partial charge >= 0.3 is 0 Å². The van der Waals surface area contributed by atoms with Crippen molar-refractivity contribution in [1.82, 2.24) is 9.97 Å². The Morgan fingerprint density at radius 2 is 1.52 bits per heavy atom. The summed E-state index contributed by atoms with van der Waals surface area (Å²) in [6.45, 7) is 5.54. The number of aromatic nitrogens is 2. The number of rotatable bonds is 5. The molecule has 1 aromatic carbocycles. The van der Waals surface area contributed by atoms with Crippen LogP contribution in [-0.2, 0) is 10.0 Å². The molecular formula is C17H25N5O2S. The average molecular weight is 363 g/mol. The molecule has 25 heavy (non-hydrogen) atoms. The molecule has 0 unspecified atom stereocenters. The van der Waals surface area contributed by atoms with Crippen molar-refractivity contribution in [2.24, 2.45) is 0 Å². The van der Waals surface area contributed by atoms with E-state index in [0.717, 1.165) is 5.56 Å². The average Bonchev–Trinajstić information content (AvgIpc) is 2.44. The summed E-state index contributed by atoms with van der Waals surface area (Å²) in [5.41, 5.74) is 2.79. The molecule has 0 bridgehead atoms. The molecule has 0 saturated carbocycles. The fourth-order valence-electron chi connectivity index (χ4n) is 2.78. The minimum absolute atomic E-state index is 0.291. The lowest BCUT2D eigenvalue weighted by Gasteiger charge is -2.20. The molecule has 0 aliphatic carbocycles. The molecule has 2 aromatic rings. The van der Waals surface area contributed by atoms with Crippen LogP contribution < -0.4 is 14.5 Å². The Balaban J connectivity index is 2.52. The number of anilines is 3. The molecule has 136 valence electrons. The largest absolute Gasteiger partial charge is 0.361 e. The molecule has 0 fully saturated rings. The van der Waals surface area contributed by atoms with Gasteiger partial charge in [0.2, 0.25) is 5.95 Å². The van der Waals surface area contributed by atoms with E-state index in [2.05, 4.69) is 14.7 Å². The minimum Gasteiger partial charge on any atom is -0.361 e. The number of hydrogen-bond donors (Lipinski definition) is 1. The molecule has 1 heterocycles. The second-order valence-electron chi connectivity index (χ2n) is 6.53. The number of benzene rings is 1. The van der Waals surface area contributed by atoms with Gasteiger partial charge in [0.05, 0.1) is 11.1 Å². The zero-order valence-electron chi connectivity index (χ0n) is 15.7. The van der Waals surface area contributed by atoms with Gasteiger partial charge in [-0.1, -0.05) is 17.7 Å². The predicted molar refractivity (Wildman–Crippen MR) is 102 cm³/mol. The molecule has 0 saturated heterocycles. The maximum absolute atomic E-state index is 13.0. The number of aryl methyl sites for hydroxylation is 3. The summed E-state index contributed by atoms with van der Waals surface area (Å²) < 4.78 is 28.5. The van der Waals surface area contributed by atoms with Crippen LogP contribution in [0.15, 0.2) is 23.2 Å². The lowest BCUT2D eigenvalue weighted by Crippen LogP contribution is -2.22. The second kappa shape index (κ2) is 6.87. The lowest BCUT2D eigenvalue weighted by atomic mass is 10.1. The standard InChI is InChI=1S/C17H25N5O2S/c1-11-8-12(2)15(13(3)9-11)25(23,24)20-14-10-18-17(22(6)7)19-16(14)21(4)5/h8-10,20H,1-7H3. The first kappa shape index (κ1) is 19.0. The van der Waals surface area contributed by atoms with E-state index in [1.807, 2.05) is 47.2 Å². The van der Waals surface area contributed by atoms with Crippen molar-refractivity contribution in [2.75, 3.05) is 42.7 Å². The van der Waals surface area contributed by atoms with E-state index in [9.17, 15) is 8.42 Å². The maximum atomic E-state index is 13.0. The third kappa shape index (κ3) is 4.01. The summed E-state index contributed by atoms with van der Waals surface area (Å²) in [7, 11) is 3.53. The zero-order valence-corrected chi connectivity index (χ0v) is 16.6. The van der Waals surface area contributed by atoms with E-state index in [0.29, 0.717) is 33.5 Å². The van der Waals surface area contributed by atoms with Gasteiger partial charge in [0.25, 0.3) is 10.0 Å². The number of sulfonamides is 1. The zero-order chi connectivity index (χ0) is 18.9. The summed E-state index contributed by atoms with van der Waals surface area (Å²) in [5.74, 6) is 1.01. The molecule has 0 spiro atoms. The minimum atomic E-state index is -3.75. The fraction of sp³-hybridized carbons (Fsp3) is 0.412. The highest BCUT2D eigenvalue weighted by atomic mass is 32.2. The maximum Gasteiger partial charge on any atom is 0.262 e. The molecule has 0 aliphatic rings. The Hall–Kier alpha value is -2.35. The van der Waals surface area contributed by atoms with E-state index in [1.165, 1.54) is 6.20 Å². The highest BCUT2D eigenvalue weighted by Crippen LogP contribution is 2.28. The number of nitrogens with one attached hydrogen (secondary N) is 1. The quantitative estimate of drug-likeness (QED) is 0.878. The van der Waals surface area contributed by atoms with Crippen LogP contribution >= 0.6 is 0 Å². The Morgan fingerprint density at radius 1 is 0.960 bits per heavy atom. The molecule has 0 aliphatic heterocycles. The number of nitrogens with zero attached hydrogens (tertiary/aromatic N) is 4. The van der Waals surface area contributed by atoms with Crippen molar-refractivity contribution < 1.29 is 8.42 Å². The van der Waals surface area contributed by atoms with E-state index in [-0.39, 0.29) is 0 Å². The van der Waals surface area contributed by atoms with Gasteiger partial charge in [-0.15, -0.1) is 0 Å². The van der Waals surface area contributed by atoms with Gasteiger partial charge in [-0.25, -0.2) is 13.4 Å². The molecule has 2 rings (SSSR count). The molecule has 7 nitrogen and oxygen atoms in total. The summed E-state index contributed by atoms with van der Waals surface area (Å²) in [6.07, 6.45) is 1.49. The first-order valence-electron chi connectivity index (χ1n) is 7.85. The van der Waals surface area contributed by atoms with Gasteiger partial charge in [0, 0.05) is 28.2 Å². The first-order chi connectivity index (χ1) is 11.5.